The Hall–Kier alpha value is -2.49. The minimum Gasteiger partial charge on any atom is -0.294 e. The molecule has 0 saturated heterocycles. The van der Waals surface area contributed by atoms with Crippen molar-refractivity contribution in [2.45, 2.75) is 26.2 Å². The summed E-state index contributed by atoms with van der Waals surface area (Å²) in [7, 11) is 0. The van der Waals surface area contributed by atoms with Crippen LogP contribution in [0.15, 0.2) is 47.0 Å². The number of aromatic nitrogens is 2. The maximum atomic E-state index is 12.6. The van der Waals surface area contributed by atoms with Crippen LogP contribution in [0.5, 0.6) is 0 Å². The van der Waals surface area contributed by atoms with E-state index < -0.39 is 0 Å². The number of rotatable bonds is 3. The second kappa shape index (κ2) is 6.52. The van der Waals surface area contributed by atoms with Gasteiger partial charge in [0.15, 0.2) is 11.6 Å². The lowest BCUT2D eigenvalue weighted by Gasteiger charge is -2.19. The number of nitrogens with zero attached hydrogens (tertiary/aromatic N) is 2. The highest BCUT2D eigenvalue weighted by Crippen LogP contribution is 2.26. The van der Waals surface area contributed by atoms with Crippen LogP contribution in [0, 0.1) is 12.8 Å². The fraction of sp³-hybridized carbons (Fsp3) is 0.278. The number of benzene rings is 1. The normalized spacial score (nSPS) is 20.9. The van der Waals surface area contributed by atoms with E-state index in [2.05, 4.69) is 15.2 Å². The smallest absolute Gasteiger partial charge is 0.173 e. The number of H-pyrrole nitrogens is 1. The van der Waals surface area contributed by atoms with Crippen LogP contribution in [0.1, 0.15) is 30.5 Å². The van der Waals surface area contributed by atoms with Crippen molar-refractivity contribution in [1.82, 2.24) is 10.2 Å². The van der Waals surface area contributed by atoms with E-state index in [4.69, 9.17) is 0 Å². The highest BCUT2D eigenvalue weighted by atomic mass is 16.1. The highest BCUT2D eigenvalue weighted by Gasteiger charge is 2.25. The average Bonchev–Trinajstić information content (AvgIpc) is 2.95. The molecule has 0 unspecified atom stereocenters. The lowest BCUT2D eigenvalue weighted by molar-refractivity contribution is -0.118. The molecule has 0 amide bonds. The molecule has 1 saturated carbocycles. The second-order valence-electron chi connectivity index (χ2n) is 5.63. The molecule has 3 rings (SSSR count). The number of hydrogen-bond acceptors (Lipinski definition) is 3. The van der Waals surface area contributed by atoms with Crippen molar-refractivity contribution >= 4 is 23.9 Å². The molecule has 22 heavy (non-hydrogen) atoms. The Bertz CT molecular complexity index is 713. The van der Waals surface area contributed by atoms with Gasteiger partial charge in [0.2, 0.25) is 0 Å². The standard InChI is InChI=1S/C18H19N3O/c1-13-10-17(21-20-13)19-12-16-9-5-8-15(18(16)22)11-14-6-3-2-4-7-14/h2-4,6-7,10-12,16H,5,8-9H2,1H3,(H,20,21)/t16-/m1/s1. The van der Waals surface area contributed by atoms with Gasteiger partial charge in [0.05, 0.1) is 5.92 Å². The molecule has 1 aliphatic rings. The summed E-state index contributed by atoms with van der Waals surface area (Å²) < 4.78 is 0. The van der Waals surface area contributed by atoms with Crippen molar-refractivity contribution in [2.24, 2.45) is 10.9 Å². The molecule has 1 aliphatic carbocycles. The van der Waals surface area contributed by atoms with Crippen LogP contribution >= 0.6 is 0 Å². The lowest BCUT2D eigenvalue weighted by Crippen LogP contribution is -2.22. The first-order valence-electron chi connectivity index (χ1n) is 7.58. The summed E-state index contributed by atoms with van der Waals surface area (Å²) >= 11 is 0. The summed E-state index contributed by atoms with van der Waals surface area (Å²) in [5, 5.41) is 6.91. The Balaban J connectivity index is 1.75. The predicted molar refractivity (Wildman–Crippen MR) is 88.2 cm³/mol. The van der Waals surface area contributed by atoms with Gasteiger partial charge in [-0.1, -0.05) is 30.3 Å². The van der Waals surface area contributed by atoms with Crippen molar-refractivity contribution in [1.29, 1.82) is 0 Å². The Kier molecular flexibility index (Phi) is 4.28. The minimum atomic E-state index is -0.138. The molecule has 4 heteroatoms. The van der Waals surface area contributed by atoms with E-state index in [1.165, 1.54) is 0 Å². The van der Waals surface area contributed by atoms with Gasteiger partial charge in [-0.15, -0.1) is 0 Å². The van der Waals surface area contributed by atoms with Crippen LogP contribution in [0.25, 0.3) is 6.08 Å². The number of carbonyl (C=O) groups is 1. The van der Waals surface area contributed by atoms with Crippen molar-refractivity contribution < 1.29 is 4.79 Å². The highest BCUT2D eigenvalue weighted by molar-refractivity contribution is 6.09. The van der Waals surface area contributed by atoms with Crippen molar-refractivity contribution in [3.8, 4) is 0 Å². The van der Waals surface area contributed by atoms with E-state index >= 15 is 0 Å². The molecule has 1 aromatic carbocycles. The summed E-state index contributed by atoms with van der Waals surface area (Å²) in [4.78, 5) is 16.9. The fourth-order valence-corrected chi connectivity index (χ4v) is 2.68. The number of nitrogens with one attached hydrogen (secondary N) is 1. The van der Waals surface area contributed by atoms with Crippen LogP contribution in [-0.4, -0.2) is 22.2 Å². The molecule has 1 heterocycles. The average molecular weight is 293 g/mol. The summed E-state index contributed by atoms with van der Waals surface area (Å²) in [5.41, 5.74) is 2.94. The van der Waals surface area contributed by atoms with Gasteiger partial charge in [0.1, 0.15) is 0 Å². The Morgan fingerprint density at radius 1 is 1.32 bits per heavy atom. The van der Waals surface area contributed by atoms with E-state index in [-0.39, 0.29) is 11.7 Å². The maximum Gasteiger partial charge on any atom is 0.173 e. The van der Waals surface area contributed by atoms with Crippen LogP contribution in [0.2, 0.25) is 0 Å². The van der Waals surface area contributed by atoms with Gasteiger partial charge < -0.3 is 0 Å². The molecule has 1 atom stereocenters. The molecule has 4 nitrogen and oxygen atoms in total. The number of ketones is 1. The molecule has 0 bridgehead atoms. The topological polar surface area (TPSA) is 58.1 Å². The van der Waals surface area contributed by atoms with Crippen LogP contribution in [0.4, 0.5) is 5.82 Å². The van der Waals surface area contributed by atoms with E-state index in [0.717, 1.165) is 36.1 Å². The zero-order valence-corrected chi connectivity index (χ0v) is 12.6. The fourth-order valence-electron chi connectivity index (χ4n) is 2.68. The molecule has 1 N–H and O–H groups in total. The van der Waals surface area contributed by atoms with E-state index in [0.29, 0.717) is 5.82 Å². The zero-order chi connectivity index (χ0) is 15.4. The van der Waals surface area contributed by atoms with Crippen LogP contribution < -0.4 is 0 Å². The van der Waals surface area contributed by atoms with Crippen molar-refractivity contribution in [3.05, 3.63) is 53.2 Å². The number of aryl methyl sites for hydroxylation is 1. The number of allylic oxidation sites excluding steroid dienone is 1. The number of hydrogen-bond donors (Lipinski definition) is 1. The maximum absolute atomic E-state index is 12.6. The summed E-state index contributed by atoms with van der Waals surface area (Å²) in [6.45, 7) is 1.93. The minimum absolute atomic E-state index is 0.138. The van der Waals surface area contributed by atoms with Gasteiger partial charge >= 0.3 is 0 Å². The van der Waals surface area contributed by atoms with E-state index in [1.54, 1.807) is 6.21 Å². The third-order valence-electron chi connectivity index (χ3n) is 3.83. The largest absolute Gasteiger partial charge is 0.294 e. The number of carbonyl (C=O) groups excluding carboxylic acids is 1. The molecule has 2 aromatic rings. The van der Waals surface area contributed by atoms with E-state index in [1.807, 2.05) is 49.4 Å². The Morgan fingerprint density at radius 2 is 2.14 bits per heavy atom. The molecule has 1 aromatic heterocycles. The third kappa shape index (κ3) is 3.39. The summed E-state index contributed by atoms with van der Waals surface area (Å²) in [6, 6.07) is 11.8. The first kappa shape index (κ1) is 14.4. The number of aliphatic imine (C=N–C) groups is 1. The summed E-state index contributed by atoms with van der Waals surface area (Å²) in [5.74, 6) is 0.677. The zero-order valence-electron chi connectivity index (χ0n) is 12.6. The van der Waals surface area contributed by atoms with Gasteiger partial charge in [0, 0.05) is 18.0 Å². The Morgan fingerprint density at radius 3 is 2.86 bits per heavy atom. The van der Waals surface area contributed by atoms with Crippen molar-refractivity contribution in [2.75, 3.05) is 0 Å². The molecular formula is C18H19N3O. The van der Waals surface area contributed by atoms with Crippen LogP contribution in [-0.2, 0) is 4.79 Å². The summed E-state index contributed by atoms with van der Waals surface area (Å²) in [6.07, 6.45) is 6.47. The molecule has 0 spiro atoms. The van der Waals surface area contributed by atoms with Gasteiger partial charge in [-0.05, 0) is 43.4 Å². The quantitative estimate of drug-likeness (QED) is 0.689. The van der Waals surface area contributed by atoms with Gasteiger partial charge in [-0.25, -0.2) is 4.99 Å². The molecule has 1 fully saturated rings. The predicted octanol–water partition coefficient (Wildman–Crippen LogP) is 3.87. The molecule has 0 radical (unpaired) electrons. The van der Waals surface area contributed by atoms with Gasteiger partial charge in [0.25, 0.3) is 0 Å². The monoisotopic (exact) mass is 293 g/mol. The Labute approximate surface area is 130 Å². The second-order valence-corrected chi connectivity index (χ2v) is 5.63. The van der Waals surface area contributed by atoms with Gasteiger partial charge in [-0.2, -0.15) is 5.10 Å². The molecule has 112 valence electrons. The van der Waals surface area contributed by atoms with Gasteiger partial charge in [-0.3, -0.25) is 9.89 Å². The third-order valence-corrected chi connectivity index (χ3v) is 3.83. The SMILES string of the molecule is Cc1cc(N=C[C@H]2CCCC(=Cc3ccccc3)C2=O)n[nH]1. The first-order chi connectivity index (χ1) is 10.7. The van der Waals surface area contributed by atoms with E-state index in [9.17, 15) is 4.79 Å². The molecule has 0 aliphatic heterocycles. The lowest BCUT2D eigenvalue weighted by atomic mass is 9.84. The first-order valence-corrected chi connectivity index (χ1v) is 7.58. The van der Waals surface area contributed by atoms with Crippen LogP contribution in [0.3, 0.4) is 0 Å². The number of Topliss-reactive ketones (excluding diaryl/α,β-unsaturated/α-hetero) is 1. The molecular weight excluding hydrogens is 274 g/mol. The van der Waals surface area contributed by atoms with Crippen molar-refractivity contribution in [3.63, 3.8) is 0 Å². The number of aromatic amines is 1.